The summed E-state index contributed by atoms with van der Waals surface area (Å²) in [6, 6.07) is 5.70. The summed E-state index contributed by atoms with van der Waals surface area (Å²) in [6.45, 7) is 2.44. The standard InChI is InChI=1S/C17H24F3N3O/c1-22(2)15-7-9-23(11-15)12-16(24)21-8-6-13-4-3-5-14(10-13)17(18,19)20/h3-5,10,15H,6-9,11-12H2,1-2H3,(H,21,24). The number of nitrogens with zero attached hydrogens (tertiary/aromatic N) is 2. The molecular weight excluding hydrogens is 319 g/mol. The zero-order valence-electron chi connectivity index (χ0n) is 14.1. The topological polar surface area (TPSA) is 35.6 Å². The van der Waals surface area contributed by atoms with Gasteiger partial charge in [-0.1, -0.05) is 18.2 Å². The van der Waals surface area contributed by atoms with Gasteiger partial charge < -0.3 is 10.2 Å². The molecule has 1 fully saturated rings. The first kappa shape index (κ1) is 18.7. The fourth-order valence-corrected chi connectivity index (χ4v) is 2.89. The summed E-state index contributed by atoms with van der Waals surface area (Å²) in [7, 11) is 4.06. The van der Waals surface area contributed by atoms with E-state index in [9.17, 15) is 18.0 Å². The van der Waals surface area contributed by atoms with E-state index in [2.05, 4.69) is 15.1 Å². The van der Waals surface area contributed by atoms with E-state index in [1.54, 1.807) is 6.07 Å². The van der Waals surface area contributed by atoms with Crippen LogP contribution < -0.4 is 5.32 Å². The van der Waals surface area contributed by atoms with Gasteiger partial charge in [0.25, 0.3) is 0 Å². The molecule has 1 saturated heterocycles. The number of carbonyl (C=O) groups is 1. The molecule has 1 aromatic carbocycles. The van der Waals surface area contributed by atoms with E-state index < -0.39 is 11.7 Å². The van der Waals surface area contributed by atoms with Crippen LogP contribution in [0.1, 0.15) is 17.5 Å². The third-order valence-electron chi connectivity index (χ3n) is 4.34. The number of halogens is 3. The van der Waals surface area contributed by atoms with Gasteiger partial charge in [-0.3, -0.25) is 9.69 Å². The smallest absolute Gasteiger partial charge is 0.355 e. The predicted molar refractivity (Wildman–Crippen MR) is 86.7 cm³/mol. The number of hydrogen-bond acceptors (Lipinski definition) is 3. The van der Waals surface area contributed by atoms with Gasteiger partial charge in [0, 0.05) is 25.7 Å². The molecule has 4 nitrogen and oxygen atoms in total. The largest absolute Gasteiger partial charge is 0.416 e. The van der Waals surface area contributed by atoms with Gasteiger partial charge in [-0.15, -0.1) is 0 Å². The third-order valence-corrected chi connectivity index (χ3v) is 4.34. The van der Waals surface area contributed by atoms with Crippen LogP contribution in [0, 0.1) is 0 Å². The Morgan fingerprint density at radius 3 is 2.75 bits per heavy atom. The maximum Gasteiger partial charge on any atom is 0.416 e. The highest BCUT2D eigenvalue weighted by Crippen LogP contribution is 2.29. The highest BCUT2D eigenvalue weighted by atomic mass is 19.4. The van der Waals surface area contributed by atoms with Gasteiger partial charge in [-0.2, -0.15) is 13.2 Å². The van der Waals surface area contributed by atoms with Crippen LogP contribution in [-0.4, -0.2) is 62.0 Å². The van der Waals surface area contributed by atoms with Crippen LogP contribution in [0.3, 0.4) is 0 Å². The molecule has 1 aromatic rings. The lowest BCUT2D eigenvalue weighted by Crippen LogP contribution is -2.38. The Morgan fingerprint density at radius 1 is 1.38 bits per heavy atom. The van der Waals surface area contributed by atoms with Crippen molar-refractivity contribution in [2.45, 2.75) is 25.1 Å². The maximum absolute atomic E-state index is 12.7. The molecule has 1 unspecified atom stereocenters. The fraction of sp³-hybridized carbons (Fsp3) is 0.588. The minimum absolute atomic E-state index is 0.0821. The number of carbonyl (C=O) groups excluding carboxylic acids is 1. The second-order valence-corrected chi connectivity index (χ2v) is 6.44. The molecule has 1 amide bonds. The van der Waals surface area contributed by atoms with E-state index in [1.165, 1.54) is 6.07 Å². The summed E-state index contributed by atoms with van der Waals surface area (Å²) in [5.41, 5.74) is -0.0860. The normalized spacial score (nSPS) is 19.0. The number of benzene rings is 1. The first-order chi connectivity index (χ1) is 11.3. The lowest BCUT2D eigenvalue weighted by Gasteiger charge is -2.20. The fourth-order valence-electron chi connectivity index (χ4n) is 2.89. The molecule has 1 aliphatic rings. The molecule has 1 heterocycles. The van der Waals surface area contributed by atoms with Gasteiger partial charge in [0.1, 0.15) is 0 Å². The van der Waals surface area contributed by atoms with E-state index in [0.717, 1.165) is 31.6 Å². The molecule has 0 radical (unpaired) electrons. The van der Waals surface area contributed by atoms with Gasteiger partial charge in [0.05, 0.1) is 12.1 Å². The average Bonchev–Trinajstić information content (AvgIpc) is 2.95. The van der Waals surface area contributed by atoms with Gasteiger partial charge >= 0.3 is 6.18 Å². The number of hydrogen-bond donors (Lipinski definition) is 1. The molecule has 0 spiro atoms. The number of likely N-dealkylation sites (N-methyl/N-ethyl adjacent to an activating group) is 1. The molecule has 24 heavy (non-hydrogen) atoms. The van der Waals surface area contributed by atoms with E-state index in [4.69, 9.17) is 0 Å². The molecule has 2 rings (SSSR count). The summed E-state index contributed by atoms with van der Waals surface area (Å²) >= 11 is 0. The number of alkyl halides is 3. The Bertz CT molecular complexity index is 560. The van der Waals surface area contributed by atoms with Gasteiger partial charge in [0.2, 0.25) is 5.91 Å². The van der Waals surface area contributed by atoms with Crippen LogP contribution in [0.2, 0.25) is 0 Å². The van der Waals surface area contributed by atoms with E-state index in [1.807, 2.05) is 14.1 Å². The van der Waals surface area contributed by atoms with Crippen LogP contribution in [-0.2, 0) is 17.4 Å². The van der Waals surface area contributed by atoms with Crippen LogP contribution in [0.4, 0.5) is 13.2 Å². The Balaban J connectivity index is 1.73. The molecule has 134 valence electrons. The van der Waals surface area contributed by atoms with Crippen molar-refractivity contribution in [2.24, 2.45) is 0 Å². The summed E-state index contributed by atoms with van der Waals surface area (Å²) in [4.78, 5) is 16.2. The molecule has 1 atom stereocenters. The first-order valence-corrected chi connectivity index (χ1v) is 8.07. The SMILES string of the molecule is CN(C)C1CCN(CC(=O)NCCc2cccc(C(F)(F)F)c2)C1. The zero-order valence-corrected chi connectivity index (χ0v) is 14.1. The molecule has 0 saturated carbocycles. The molecule has 7 heteroatoms. The third kappa shape index (κ3) is 5.49. The number of rotatable bonds is 6. The predicted octanol–water partition coefficient (Wildman–Crippen LogP) is 2.00. The van der Waals surface area contributed by atoms with Crippen molar-refractivity contribution in [3.05, 3.63) is 35.4 Å². The molecule has 0 aromatic heterocycles. The van der Waals surface area contributed by atoms with Gasteiger partial charge in [-0.05, 0) is 38.6 Å². The van der Waals surface area contributed by atoms with E-state index in [-0.39, 0.29) is 5.91 Å². The summed E-state index contributed by atoms with van der Waals surface area (Å²) in [5, 5.41) is 2.78. The van der Waals surface area contributed by atoms with Crippen LogP contribution in [0.5, 0.6) is 0 Å². The van der Waals surface area contributed by atoms with Crippen LogP contribution in [0.25, 0.3) is 0 Å². The zero-order chi connectivity index (χ0) is 17.7. The Hall–Kier alpha value is -1.60. The number of nitrogens with one attached hydrogen (secondary N) is 1. The first-order valence-electron chi connectivity index (χ1n) is 8.07. The van der Waals surface area contributed by atoms with Crippen LogP contribution in [0.15, 0.2) is 24.3 Å². The molecular formula is C17H24F3N3O. The Morgan fingerprint density at radius 2 is 2.12 bits per heavy atom. The van der Waals surface area contributed by atoms with Gasteiger partial charge in [-0.25, -0.2) is 0 Å². The number of amides is 1. The van der Waals surface area contributed by atoms with Crippen molar-refractivity contribution in [3.63, 3.8) is 0 Å². The average molecular weight is 343 g/mol. The summed E-state index contributed by atoms with van der Waals surface area (Å²) in [6.07, 6.45) is -2.90. The maximum atomic E-state index is 12.7. The van der Waals surface area contributed by atoms with Crippen molar-refractivity contribution in [1.29, 1.82) is 0 Å². The van der Waals surface area contributed by atoms with Crippen molar-refractivity contribution in [3.8, 4) is 0 Å². The quantitative estimate of drug-likeness (QED) is 0.858. The van der Waals surface area contributed by atoms with Crippen molar-refractivity contribution < 1.29 is 18.0 Å². The lowest BCUT2D eigenvalue weighted by atomic mass is 10.1. The minimum atomic E-state index is -4.34. The van der Waals surface area contributed by atoms with Gasteiger partial charge in [0.15, 0.2) is 0 Å². The number of likely N-dealkylation sites (tertiary alicyclic amines) is 1. The second-order valence-electron chi connectivity index (χ2n) is 6.44. The van der Waals surface area contributed by atoms with E-state index >= 15 is 0 Å². The molecule has 1 aliphatic heterocycles. The highest BCUT2D eigenvalue weighted by molar-refractivity contribution is 5.78. The molecule has 0 bridgehead atoms. The summed E-state index contributed by atoms with van der Waals surface area (Å²) < 4.78 is 38.0. The monoisotopic (exact) mass is 343 g/mol. The van der Waals surface area contributed by atoms with Crippen molar-refractivity contribution in [2.75, 3.05) is 40.3 Å². The highest BCUT2D eigenvalue weighted by Gasteiger charge is 2.30. The summed E-state index contributed by atoms with van der Waals surface area (Å²) in [5.74, 6) is -0.0821. The van der Waals surface area contributed by atoms with E-state index in [0.29, 0.717) is 31.1 Å². The Kier molecular flexibility index (Phi) is 6.23. The van der Waals surface area contributed by atoms with Crippen molar-refractivity contribution >= 4 is 5.91 Å². The second kappa shape index (κ2) is 7.98. The molecule has 0 aliphatic carbocycles. The Labute approximate surface area is 140 Å². The van der Waals surface area contributed by atoms with Crippen molar-refractivity contribution in [1.82, 2.24) is 15.1 Å². The molecule has 1 N–H and O–H groups in total. The minimum Gasteiger partial charge on any atom is -0.355 e. The lowest BCUT2D eigenvalue weighted by molar-refractivity contribution is -0.137. The van der Waals surface area contributed by atoms with Crippen LogP contribution >= 0.6 is 0 Å².